The number of aromatic nitrogens is 1. The number of pyridine rings is 1. The van der Waals surface area contributed by atoms with Crippen molar-refractivity contribution in [1.82, 2.24) is 4.98 Å². The van der Waals surface area contributed by atoms with E-state index in [0.717, 1.165) is 6.07 Å². The van der Waals surface area contributed by atoms with Crippen molar-refractivity contribution in [3.63, 3.8) is 0 Å². The standard InChI is InChI=1S/C13H9F4N3S/c14-9-4-3-7(6-8(9)13(15,16)17)20-10-2-1-5-19-11(10)12(18)21/h1-6,20H,(H2,18,21). The molecule has 0 unspecified atom stereocenters. The highest BCUT2D eigenvalue weighted by molar-refractivity contribution is 7.80. The number of alkyl halides is 3. The number of halogens is 4. The van der Waals surface area contributed by atoms with E-state index in [4.69, 9.17) is 18.0 Å². The van der Waals surface area contributed by atoms with Gasteiger partial charge >= 0.3 is 6.18 Å². The summed E-state index contributed by atoms with van der Waals surface area (Å²) in [7, 11) is 0. The zero-order valence-corrected chi connectivity index (χ0v) is 11.2. The van der Waals surface area contributed by atoms with Crippen LogP contribution in [0.5, 0.6) is 0 Å². The van der Waals surface area contributed by atoms with E-state index < -0.39 is 17.6 Å². The first-order valence-corrected chi connectivity index (χ1v) is 6.08. The number of nitrogens with zero attached hydrogens (tertiary/aromatic N) is 1. The van der Waals surface area contributed by atoms with Crippen molar-refractivity contribution < 1.29 is 17.6 Å². The van der Waals surface area contributed by atoms with Gasteiger partial charge in [0.1, 0.15) is 16.5 Å². The molecule has 0 saturated carbocycles. The minimum Gasteiger partial charge on any atom is -0.388 e. The molecule has 2 aromatic rings. The maximum Gasteiger partial charge on any atom is 0.419 e. The summed E-state index contributed by atoms with van der Waals surface area (Å²) >= 11 is 4.81. The van der Waals surface area contributed by atoms with Gasteiger partial charge in [0.05, 0.1) is 11.3 Å². The molecule has 8 heteroatoms. The lowest BCUT2D eigenvalue weighted by Gasteiger charge is -2.13. The second kappa shape index (κ2) is 5.65. The van der Waals surface area contributed by atoms with Crippen molar-refractivity contribution in [2.75, 3.05) is 5.32 Å². The van der Waals surface area contributed by atoms with Gasteiger partial charge in [0.15, 0.2) is 0 Å². The lowest BCUT2D eigenvalue weighted by Crippen LogP contribution is -2.14. The molecule has 0 bridgehead atoms. The number of nitrogens with two attached hydrogens (primary N) is 1. The van der Waals surface area contributed by atoms with Gasteiger partial charge in [-0.15, -0.1) is 0 Å². The van der Waals surface area contributed by atoms with Gasteiger partial charge in [0.25, 0.3) is 0 Å². The summed E-state index contributed by atoms with van der Waals surface area (Å²) in [6.07, 6.45) is -3.33. The number of benzene rings is 1. The molecule has 21 heavy (non-hydrogen) atoms. The zero-order valence-electron chi connectivity index (χ0n) is 10.4. The number of rotatable bonds is 3. The molecule has 1 aromatic carbocycles. The average Bonchev–Trinajstić information content (AvgIpc) is 2.40. The molecule has 0 fully saturated rings. The van der Waals surface area contributed by atoms with Crippen molar-refractivity contribution >= 4 is 28.6 Å². The van der Waals surface area contributed by atoms with Crippen LogP contribution in [0.1, 0.15) is 11.3 Å². The van der Waals surface area contributed by atoms with Gasteiger partial charge in [0.2, 0.25) is 0 Å². The van der Waals surface area contributed by atoms with Crippen molar-refractivity contribution in [2.45, 2.75) is 6.18 Å². The summed E-state index contributed by atoms with van der Waals surface area (Å²) in [5.74, 6) is -1.34. The first kappa shape index (κ1) is 15.2. The Bertz CT molecular complexity index is 685. The molecule has 1 heterocycles. The first-order valence-electron chi connectivity index (χ1n) is 5.67. The smallest absolute Gasteiger partial charge is 0.388 e. The van der Waals surface area contributed by atoms with Crippen molar-refractivity contribution in [3.8, 4) is 0 Å². The van der Waals surface area contributed by atoms with Crippen LogP contribution in [0.4, 0.5) is 28.9 Å². The highest BCUT2D eigenvalue weighted by atomic mass is 32.1. The van der Waals surface area contributed by atoms with Crippen LogP contribution < -0.4 is 11.1 Å². The Labute approximate surface area is 122 Å². The number of nitrogens with one attached hydrogen (secondary N) is 1. The predicted molar refractivity (Wildman–Crippen MR) is 74.8 cm³/mol. The lowest BCUT2D eigenvalue weighted by molar-refractivity contribution is -0.139. The van der Waals surface area contributed by atoms with Gasteiger partial charge in [-0.1, -0.05) is 12.2 Å². The SMILES string of the molecule is NC(=S)c1ncccc1Nc1ccc(F)c(C(F)(F)F)c1. The van der Waals surface area contributed by atoms with Gasteiger partial charge in [0, 0.05) is 11.9 Å². The second-order valence-electron chi connectivity index (χ2n) is 4.08. The third-order valence-electron chi connectivity index (χ3n) is 2.59. The Balaban J connectivity index is 2.40. The summed E-state index contributed by atoms with van der Waals surface area (Å²) in [4.78, 5) is 3.93. The van der Waals surface area contributed by atoms with E-state index >= 15 is 0 Å². The molecule has 0 spiro atoms. The van der Waals surface area contributed by atoms with Crippen molar-refractivity contribution in [3.05, 3.63) is 53.6 Å². The van der Waals surface area contributed by atoms with Crippen molar-refractivity contribution in [1.29, 1.82) is 0 Å². The van der Waals surface area contributed by atoms with E-state index in [1.807, 2.05) is 0 Å². The molecular weight excluding hydrogens is 306 g/mol. The molecule has 0 aliphatic rings. The van der Waals surface area contributed by atoms with Gasteiger partial charge in [-0.05, 0) is 30.3 Å². The lowest BCUT2D eigenvalue weighted by atomic mass is 10.1. The van der Waals surface area contributed by atoms with Gasteiger partial charge < -0.3 is 11.1 Å². The predicted octanol–water partition coefficient (Wildman–Crippen LogP) is 3.62. The van der Waals surface area contributed by atoms with E-state index in [1.165, 1.54) is 12.3 Å². The molecule has 3 N–H and O–H groups in total. The largest absolute Gasteiger partial charge is 0.419 e. The van der Waals surface area contributed by atoms with E-state index in [-0.39, 0.29) is 16.4 Å². The van der Waals surface area contributed by atoms with Crippen LogP contribution in [0.2, 0.25) is 0 Å². The van der Waals surface area contributed by atoms with Crippen molar-refractivity contribution in [2.24, 2.45) is 5.73 Å². The molecular formula is C13H9F4N3S. The summed E-state index contributed by atoms with van der Waals surface area (Å²) in [5, 5.41) is 2.70. The molecule has 0 aliphatic carbocycles. The topological polar surface area (TPSA) is 50.9 Å². The maximum atomic E-state index is 13.2. The van der Waals surface area contributed by atoms with Gasteiger partial charge in [-0.25, -0.2) is 4.39 Å². The van der Waals surface area contributed by atoms with Crippen LogP contribution in [0, 0.1) is 5.82 Å². The summed E-state index contributed by atoms with van der Waals surface area (Å²) in [6.45, 7) is 0. The molecule has 2 rings (SSSR count). The molecule has 0 atom stereocenters. The van der Waals surface area contributed by atoms with Crippen LogP contribution in [0.25, 0.3) is 0 Å². The van der Waals surface area contributed by atoms with Crippen LogP contribution in [0.15, 0.2) is 36.5 Å². The molecule has 0 radical (unpaired) electrons. The second-order valence-corrected chi connectivity index (χ2v) is 4.52. The summed E-state index contributed by atoms with van der Waals surface area (Å²) in [6, 6.07) is 5.71. The number of thiocarbonyl (C=S) groups is 1. The highest BCUT2D eigenvalue weighted by Crippen LogP contribution is 2.33. The van der Waals surface area contributed by atoms with Gasteiger partial charge in [-0.2, -0.15) is 13.2 Å². The van der Waals surface area contributed by atoms with Crippen LogP contribution in [0.3, 0.4) is 0 Å². The summed E-state index contributed by atoms with van der Waals surface area (Å²) < 4.78 is 51.2. The van der Waals surface area contributed by atoms with E-state index in [2.05, 4.69) is 10.3 Å². The highest BCUT2D eigenvalue weighted by Gasteiger charge is 2.34. The fraction of sp³-hybridized carbons (Fsp3) is 0.0769. The fourth-order valence-electron chi connectivity index (χ4n) is 1.68. The third kappa shape index (κ3) is 3.46. The third-order valence-corrected chi connectivity index (χ3v) is 2.79. The molecule has 3 nitrogen and oxygen atoms in total. The molecule has 0 aliphatic heterocycles. The fourth-order valence-corrected chi connectivity index (χ4v) is 1.84. The van der Waals surface area contributed by atoms with E-state index in [0.29, 0.717) is 11.8 Å². The Hall–Kier alpha value is -2.22. The molecule has 0 amide bonds. The number of hydrogen-bond acceptors (Lipinski definition) is 3. The van der Waals surface area contributed by atoms with Crippen LogP contribution in [-0.2, 0) is 6.18 Å². The molecule has 1 aromatic heterocycles. The Morgan fingerprint density at radius 2 is 1.95 bits per heavy atom. The van der Waals surface area contributed by atoms with E-state index in [9.17, 15) is 17.6 Å². The number of hydrogen-bond donors (Lipinski definition) is 2. The zero-order chi connectivity index (χ0) is 15.6. The molecule has 110 valence electrons. The normalized spacial score (nSPS) is 11.2. The van der Waals surface area contributed by atoms with Crippen LogP contribution in [-0.4, -0.2) is 9.97 Å². The Kier molecular flexibility index (Phi) is 4.08. The van der Waals surface area contributed by atoms with Crippen LogP contribution >= 0.6 is 12.2 Å². The first-order chi connectivity index (χ1) is 9.79. The maximum absolute atomic E-state index is 13.2. The van der Waals surface area contributed by atoms with E-state index in [1.54, 1.807) is 12.1 Å². The molecule has 0 saturated heterocycles. The summed E-state index contributed by atoms with van der Waals surface area (Å²) in [5.41, 5.74) is 4.76. The van der Waals surface area contributed by atoms with Gasteiger partial charge in [-0.3, -0.25) is 4.98 Å². The monoisotopic (exact) mass is 315 g/mol. The Morgan fingerprint density at radius 1 is 1.24 bits per heavy atom. The quantitative estimate of drug-likeness (QED) is 0.671. The average molecular weight is 315 g/mol. The minimum atomic E-state index is -4.78. The minimum absolute atomic E-state index is 0.00347. The number of anilines is 2. The Morgan fingerprint density at radius 3 is 2.57 bits per heavy atom.